The highest BCUT2D eigenvalue weighted by Crippen LogP contribution is 2.10. The first-order valence-corrected chi connectivity index (χ1v) is 6.98. The van der Waals surface area contributed by atoms with Gasteiger partial charge in [0.15, 0.2) is 0 Å². The predicted octanol–water partition coefficient (Wildman–Crippen LogP) is -0.106. The van der Waals surface area contributed by atoms with E-state index in [4.69, 9.17) is 4.74 Å². The molecule has 4 nitrogen and oxygen atoms in total. The molecule has 98 valence electrons. The van der Waals surface area contributed by atoms with Crippen LogP contribution < -0.4 is 5.32 Å². The van der Waals surface area contributed by atoms with Gasteiger partial charge in [0, 0.05) is 39.1 Å². The number of hydrogen-bond donors (Lipinski definition) is 1. The molecule has 0 aliphatic carbocycles. The topological polar surface area (TPSA) is 41.4 Å². The quantitative estimate of drug-likeness (QED) is 0.658. The fourth-order valence-corrected chi connectivity index (χ4v) is 2.80. The third-order valence-corrected chi connectivity index (χ3v) is 3.96. The van der Waals surface area contributed by atoms with Gasteiger partial charge >= 0.3 is 0 Å². The number of nitrogens with two attached hydrogens (primary N) is 1. The molecule has 0 aromatic heterocycles. The van der Waals surface area contributed by atoms with Gasteiger partial charge in [0.05, 0.1) is 12.6 Å². The van der Waals surface area contributed by atoms with Crippen molar-refractivity contribution < 1.29 is 10.1 Å². The lowest BCUT2D eigenvalue weighted by molar-refractivity contribution is -0.697. The van der Waals surface area contributed by atoms with Crippen molar-refractivity contribution in [2.75, 3.05) is 39.3 Å². The van der Waals surface area contributed by atoms with E-state index in [9.17, 15) is 0 Å². The lowest BCUT2D eigenvalue weighted by Crippen LogP contribution is -2.92. The van der Waals surface area contributed by atoms with Gasteiger partial charge in [0.1, 0.15) is 12.6 Å². The van der Waals surface area contributed by atoms with Gasteiger partial charge in [-0.25, -0.2) is 0 Å². The fourth-order valence-electron chi connectivity index (χ4n) is 2.80. The minimum Gasteiger partial charge on any atom is -0.372 e. The van der Waals surface area contributed by atoms with Crippen LogP contribution in [0.4, 0.5) is 0 Å². The van der Waals surface area contributed by atoms with Crippen LogP contribution in [0.2, 0.25) is 0 Å². The molecule has 0 aromatic carbocycles. The van der Waals surface area contributed by atoms with Crippen molar-refractivity contribution in [3.05, 3.63) is 0 Å². The van der Waals surface area contributed by atoms with E-state index >= 15 is 0 Å². The van der Waals surface area contributed by atoms with Crippen molar-refractivity contribution in [3.8, 4) is 0 Å². The van der Waals surface area contributed by atoms with Gasteiger partial charge in [-0.1, -0.05) is 0 Å². The summed E-state index contributed by atoms with van der Waals surface area (Å²) in [4.78, 5) is 6.43. The van der Waals surface area contributed by atoms with E-state index in [0.717, 1.165) is 25.7 Å². The summed E-state index contributed by atoms with van der Waals surface area (Å²) in [7, 11) is 0. The zero-order valence-corrected chi connectivity index (χ0v) is 10.8. The van der Waals surface area contributed by atoms with Crippen LogP contribution in [0.1, 0.15) is 25.7 Å². The normalized spacial score (nSPS) is 27.4. The molecule has 2 aliphatic rings. The van der Waals surface area contributed by atoms with Crippen LogP contribution in [0.3, 0.4) is 0 Å². The van der Waals surface area contributed by atoms with Crippen molar-refractivity contribution in [2.24, 2.45) is 4.99 Å². The van der Waals surface area contributed by atoms with E-state index < -0.39 is 0 Å². The van der Waals surface area contributed by atoms with Crippen LogP contribution in [0.5, 0.6) is 0 Å². The maximum Gasteiger partial charge on any atom is 0.106 e. The minimum atomic E-state index is 0.526. The van der Waals surface area contributed by atoms with Crippen LogP contribution in [0.25, 0.3) is 0 Å². The molecule has 17 heavy (non-hydrogen) atoms. The van der Waals surface area contributed by atoms with Gasteiger partial charge in [-0.05, 0) is 19.6 Å². The maximum atomic E-state index is 5.66. The Labute approximate surface area is 104 Å². The average Bonchev–Trinajstić information content (AvgIpc) is 2.88. The summed E-state index contributed by atoms with van der Waals surface area (Å²) >= 11 is 0. The second kappa shape index (κ2) is 7.09. The highest BCUT2D eigenvalue weighted by molar-refractivity contribution is 5.23. The molecule has 2 rings (SSSR count). The predicted molar refractivity (Wildman–Crippen MR) is 69.6 cm³/mol. The van der Waals surface area contributed by atoms with E-state index in [2.05, 4.69) is 21.9 Å². The highest BCUT2D eigenvalue weighted by Gasteiger charge is 2.23. The average molecular weight is 240 g/mol. The third-order valence-electron chi connectivity index (χ3n) is 3.96. The summed E-state index contributed by atoms with van der Waals surface area (Å²) in [5.41, 5.74) is 0. The van der Waals surface area contributed by atoms with Gasteiger partial charge in [-0.2, -0.15) is 0 Å². The first-order valence-electron chi connectivity index (χ1n) is 6.98. The Hall–Kier alpha value is -0.450. The molecule has 2 heterocycles. The smallest absolute Gasteiger partial charge is 0.106 e. The molecule has 0 spiro atoms. The number of nitrogens with zero attached hydrogens (tertiary/aromatic N) is 2. The fraction of sp³-hybridized carbons (Fsp3) is 0.923. The van der Waals surface area contributed by atoms with Crippen LogP contribution in [-0.4, -0.2) is 63.1 Å². The molecule has 2 saturated heterocycles. The van der Waals surface area contributed by atoms with Gasteiger partial charge < -0.3 is 15.0 Å². The second-order valence-corrected chi connectivity index (χ2v) is 5.23. The highest BCUT2D eigenvalue weighted by atomic mass is 16.5. The Kier molecular flexibility index (Phi) is 5.42. The third kappa shape index (κ3) is 4.37. The Morgan fingerprint density at radius 3 is 2.76 bits per heavy atom. The van der Waals surface area contributed by atoms with Crippen LogP contribution in [0, 0.1) is 0 Å². The monoisotopic (exact) mass is 240 g/mol. The number of aliphatic imine (C=N–C) groups is 1. The molecule has 0 radical (unpaired) electrons. The summed E-state index contributed by atoms with van der Waals surface area (Å²) < 4.78 is 5.66. The molecule has 2 fully saturated rings. The Bertz CT molecular complexity index is 221. The molecular weight excluding hydrogens is 214 g/mol. The van der Waals surface area contributed by atoms with Crippen molar-refractivity contribution >= 4 is 6.72 Å². The van der Waals surface area contributed by atoms with E-state index in [1.807, 2.05) is 0 Å². The molecule has 2 N–H and O–H groups in total. The number of rotatable bonds is 6. The van der Waals surface area contributed by atoms with Crippen LogP contribution >= 0.6 is 0 Å². The minimum absolute atomic E-state index is 0.526. The molecule has 1 unspecified atom stereocenters. The molecule has 0 aromatic rings. The van der Waals surface area contributed by atoms with Crippen molar-refractivity contribution in [1.82, 2.24) is 4.90 Å². The number of likely N-dealkylation sites (tertiary alicyclic amines) is 1. The first-order chi connectivity index (χ1) is 8.38. The van der Waals surface area contributed by atoms with Crippen molar-refractivity contribution in [3.63, 3.8) is 0 Å². The molecule has 0 amide bonds. The van der Waals surface area contributed by atoms with E-state index in [0.29, 0.717) is 6.10 Å². The number of piperidine rings is 1. The SMILES string of the molecule is C=NCCN1CCC([NH2+]CC2CCCO2)CC1. The standard InChI is InChI=1S/C13H25N3O/c1-14-6-9-16-7-4-12(5-8-16)15-11-13-3-2-10-17-13/h12-13,15H,1-11H2/p+1. The molecule has 4 heteroatoms. The van der Waals surface area contributed by atoms with Gasteiger partial charge in [-0.3, -0.25) is 4.99 Å². The number of quaternary nitrogens is 1. The maximum absolute atomic E-state index is 5.66. The summed E-state index contributed by atoms with van der Waals surface area (Å²) in [5, 5.41) is 2.51. The molecule has 1 atom stereocenters. The molecule has 0 saturated carbocycles. The summed E-state index contributed by atoms with van der Waals surface area (Å²) in [6.45, 7) is 10.1. The lowest BCUT2D eigenvalue weighted by atomic mass is 10.0. The zero-order valence-electron chi connectivity index (χ0n) is 10.8. The van der Waals surface area contributed by atoms with E-state index in [1.165, 1.54) is 45.3 Å². The Balaban J connectivity index is 1.56. The Morgan fingerprint density at radius 2 is 2.12 bits per heavy atom. The van der Waals surface area contributed by atoms with Crippen molar-refractivity contribution in [1.29, 1.82) is 0 Å². The lowest BCUT2D eigenvalue weighted by Gasteiger charge is -2.30. The van der Waals surface area contributed by atoms with Gasteiger partial charge in [0.25, 0.3) is 0 Å². The largest absolute Gasteiger partial charge is 0.372 e. The summed E-state index contributed by atoms with van der Waals surface area (Å²) in [6, 6.07) is 0.812. The molecule has 0 bridgehead atoms. The van der Waals surface area contributed by atoms with E-state index in [1.54, 1.807) is 0 Å². The van der Waals surface area contributed by atoms with Gasteiger partial charge in [0.2, 0.25) is 0 Å². The summed E-state index contributed by atoms with van der Waals surface area (Å²) in [5.74, 6) is 0. The second-order valence-electron chi connectivity index (χ2n) is 5.23. The number of hydrogen-bond acceptors (Lipinski definition) is 3. The molecular formula is C13H26N3O+. The van der Waals surface area contributed by atoms with Crippen LogP contribution in [0.15, 0.2) is 4.99 Å². The van der Waals surface area contributed by atoms with E-state index in [-0.39, 0.29) is 0 Å². The van der Waals surface area contributed by atoms with Gasteiger partial charge in [-0.15, -0.1) is 0 Å². The summed E-state index contributed by atoms with van der Waals surface area (Å²) in [6.07, 6.45) is 5.66. The Morgan fingerprint density at radius 1 is 1.29 bits per heavy atom. The number of ether oxygens (including phenoxy) is 1. The van der Waals surface area contributed by atoms with Crippen molar-refractivity contribution in [2.45, 2.75) is 37.8 Å². The zero-order chi connectivity index (χ0) is 11.9. The van der Waals surface area contributed by atoms with Crippen LogP contribution in [-0.2, 0) is 4.74 Å². The molecule has 2 aliphatic heterocycles. The first kappa shape index (κ1) is 13.0.